The molecule has 0 radical (unpaired) electrons. The van der Waals surface area contributed by atoms with E-state index in [2.05, 4.69) is 29.2 Å². The van der Waals surface area contributed by atoms with Crippen molar-refractivity contribution in [3.05, 3.63) is 65.7 Å². The molecular formula is C25H27NO5. The summed E-state index contributed by atoms with van der Waals surface area (Å²) >= 11 is 0. The van der Waals surface area contributed by atoms with E-state index in [1.807, 2.05) is 30.3 Å². The number of hydrogen-bond acceptors (Lipinski definition) is 5. The van der Waals surface area contributed by atoms with Gasteiger partial charge in [-0.1, -0.05) is 42.5 Å². The maximum atomic E-state index is 12.1. The van der Waals surface area contributed by atoms with Crippen LogP contribution in [0.2, 0.25) is 0 Å². The fourth-order valence-corrected chi connectivity index (χ4v) is 4.72. The fourth-order valence-electron chi connectivity index (χ4n) is 4.72. The molecule has 2 atom stereocenters. The van der Waals surface area contributed by atoms with Crippen LogP contribution < -0.4 is 14.2 Å². The quantitative estimate of drug-likeness (QED) is 0.606. The molecule has 31 heavy (non-hydrogen) atoms. The van der Waals surface area contributed by atoms with Crippen LogP contribution in [0.25, 0.3) is 10.8 Å². The van der Waals surface area contributed by atoms with Gasteiger partial charge in [0.15, 0.2) is 11.5 Å². The van der Waals surface area contributed by atoms with Gasteiger partial charge in [-0.25, -0.2) is 0 Å². The first-order valence-electron chi connectivity index (χ1n) is 10.4. The van der Waals surface area contributed by atoms with Gasteiger partial charge in [-0.15, -0.1) is 0 Å². The first-order valence-corrected chi connectivity index (χ1v) is 10.4. The highest BCUT2D eigenvalue weighted by Gasteiger charge is 2.39. The smallest absolute Gasteiger partial charge is 0.320 e. The van der Waals surface area contributed by atoms with E-state index < -0.39 is 12.0 Å². The number of aliphatic carboxylic acids is 1. The first-order chi connectivity index (χ1) is 15.1. The van der Waals surface area contributed by atoms with E-state index in [0.717, 1.165) is 28.3 Å². The summed E-state index contributed by atoms with van der Waals surface area (Å²) in [7, 11) is 4.76. The molecule has 162 valence electrons. The van der Waals surface area contributed by atoms with E-state index in [4.69, 9.17) is 14.2 Å². The highest BCUT2D eigenvalue weighted by molar-refractivity contribution is 5.87. The summed E-state index contributed by atoms with van der Waals surface area (Å²) in [6.07, 6.45) is 1.44. The Morgan fingerprint density at radius 1 is 0.935 bits per heavy atom. The minimum atomic E-state index is -0.804. The van der Waals surface area contributed by atoms with Gasteiger partial charge in [0.05, 0.1) is 27.4 Å². The number of ether oxygens (including phenoxy) is 3. The molecule has 0 aliphatic carbocycles. The van der Waals surface area contributed by atoms with E-state index in [9.17, 15) is 9.90 Å². The molecular weight excluding hydrogens is 394 g/mol. The van der Waals surface area contributed by atoms with Crippen LogP contribution >= 0.6 is 0 Å². The fraction of sp³-hybridized carbons (Fsp3) is 0.320. The topological polar surface area (TPSA) is 68.2 Å². The number of carbonyl (C=O) groups is 1. The van der Waals surface area contributed by atoms with E-state index in [0.29, 0.717) is 30.2 Å². The normalized spacial score (nSPS) is 17.5. The van der Waals surface area contributed by atoms with Crippen molar-refractivity contribution < 1.29 is 24.1 Å². The van der Waals surface area contributed by atoms with Crippen LogP contribution in [0.15, 0.2) is 54.6 Å². The maximum absolute atomic E-state index is 12.1. The summed E-state index contributed by atoms with van der Waals surface area (Å²) in [5.41, 5.74) is 1.89. The zero-order valence-electron chi connectivity index (χ0n) is 18.0. The standard InChI is InChI=1S/C25H27NO5/c1-29-21-14-13-19(23(30-2)24(21)31-3)22(26-15-7-12-20(26)25(27)28)18-11-6-9-16-8-4-5-10-17(16)18/h4-6,8-11,13-14,20,22H,7,12,15H2,1-3H3,(H,27,28). The van der Waals surface area contributed by atoms with Crippen molar-refractivity contribution in [1.29, 1.82) is 0 Å². The monoisotopic (exact) mass is 421 g/mol. The predicted octanol–water partition coefficient (Wildman–Crippen LogP) is 4.50. The molecule has 2 unspecified atom stereocenters. The Balaban J connectivity index is 1.99. The molecule has 0 spiro atoms. The zero-order chi connectivity index (χ0) is 22.0. The van der Waals surface area contributed by atoms with E-state index in [-0.39, 0.29) is 6.04 Å². The average molecular weight is 421 g/mol. The molecule has 1 fully saturated rings. The highest BCUT2D eigenvalue weighted by Crippen LogP contribution is 2.47. The van der Waals surface area contributed by atoms with Crippen molar-refractivity contribution in [3.63, 3.8) is 0 Å². The molecule has 3 aromatic carbocycles. The minimum Gasteiger partial charge on any atom is -0.493 e. The summed E-state index contributed by atoms with van der Waals surface area (Å²) < 4.78 is 16.9. The van der Waals surface area contributed by atoms with Gasteiger partial charge < -0.3 is 19.3 Å². The number of carboxylic acid groups (broad SMARTS) is 1. The van der Waals surface area contributed by atoms with Gasteiger partial charge in [0.1, 0.15) is 6.04 Å². The van der Waals surface area contributed by atoms with Crippen LogP contribution in [0, 0.1) is 0 Å². The van der Waals surface area contributed by atoms with Gasteiger partial charge in [-0.3, -0.25) is 9.69 Å². The highest BCUT2D eigenvalue weighted by atomic mass is 16.5. The molecule has 0 amide bonds. The third-order valence-electron chi connectivity index (χ3n) is 6.06. The number of methoxy groups -OCH3 is 3. The molecule has 1 aliphatic heterocycles. The molecule has 1 saturated heterocycles. The molecule has 1 N–H and O–H groups in total. The lowest BCUT2D eigenvalue weighted by Gasteiger charge is -2.34. The molecule has 4 rings (SSSR count). The number of benzene rings is 3. The van der Waals surface area contributed by atoms with Crippen LogP contribution in [0.4, 0.5) is 0 Å². The number of carboxylic acids is 1. The number of nitrogens with zero attached hydrogens (tertiary/aromatic N) is 1. The van der Waals surface area contributed by atoms with Crippen molar-refractivity contribution in [2.75, 3.05) is 27.9 Å². The number of rotatable bonds is 7. The molecule has 6 heteroatoms. The first kappa shape index (κ1) is 21.0. The van der Waals surface area contributed by atoms with Crippen LogP contribution in [0.3, 0.4) is 0 Å². The molecule has 6 nitrogen and oxygen atoms in total. The molecule has 0 saturated carbocycles. The number of likely N-dealkylation sites (tertiary alicyclic amines) is 1. The van der Waals surface area contributed by atoms with Gasteiger partial charge in [0, 0.05) is 12.1 Å². The Morgan fingerprint density at radius 3 is 2.39 bits per heavy atom. The lowest BCUT2D eigenvalue weighted by Crippen LogP contribution is -2.39. The summed E-state index contributed by atoms with van der Waals surface area (Å²) in [5.74, 6) is 0.813. The Morgan fingerprint density at radius 2 is 1.68 bits per heavy atom. The number of fused-ring (bicyclic) bond motifs is 1. The van der Waals surface area contributed by atoms with E-state index >= 15 is 0 Å². The van der Waals surface area contributed by atoms with Gasteiger partial charge in [0.2, 0.25) is 5.75 Å². The Bertz CT molecular complexity index is 1090. The van der Waals surface area contributed by atoms with Crippen molar-refractivity contribution in [3.8, 4) is 17.2 Å². The number of hydrogen-bond donors (Lipinski definition) is 1. The third-order valence-corrected chi connectivity index (χ3v) is 6.06. The largest absolute Gasteiger partial charge is 0.493 e. The van der Waals surface area contributed by atoms with Gasteiger partial charge in [-0.05, 0) is 41.3 Å². The van der Waals surface area contributed by atoms with Crippen molar-refractivity contribution in [1.82, 2.24) is 4.90 Å². The predicted molar refractivity (Wildman–Crippen MR) is 119 cm³/mol. The maximum Gasteiger partial charge on any atom is 0.320 e. The molecule has 0 bridgehead atoms. The molecule has 1 aliphatic rings. The van der Waals surface area contributed by atoms with Crippen molar-refractivity contribution in [2.24, 2.45) is 0 Å². The Kier molecular flexibility index (Phi) is 6.00. The molecule has 0 aromatic heterocycles. The summed E-state index contributed by atoms with van der Waals surface area (Å²) in [5, 5.41) is 12.1. The van der Waals surface area contributed by atoms with Crippen LogP contribution in [0.1, 0.15) is 30.0 Å². The van der Waals surface area contributed by atoms with E-state index in [1.165, 1.54) is 0 Å². The van der Waals surface area contributed by atoms with Crippen LogP contribution in [-0.2, 0) is 4.79 Å². The van der Waals surface area contributed by atoms with E-state index in [1.54, 1.807) is 21.3 Å². The summed E-state index contributed by atoms with van der Waals surface area (Å²) in [6, 6.07) is 17.2. The SMILES string of the molecule is COc1ccc(C(c2cccc3ccccc23)N2CCCC2C(=O)O)c(OC)c1OC. The Labute approximate surface area is 182 Å². The van der Waals surface area contributed by atoms with Crippen molar-refractivity contribution >= 4 is 16.7 Å². The van der Waals surface area contributed by atoms with Crippen LogP contribution in [0.5, 0.6) is 17.2 Å². The summed E-state index contributed by atoms with van der Waals surface area (Å²) in [6.45, 7) is 0.683. The van der Waals surface area contributed by atoms with Gasteiger partial charge in [-0.2, -0.15) is 0 Å². The Hall–Kier alpha value is -3.25. The minimum absolute atomic E-state index is 0.315. The van der Waals surface area contributed by atoms with Crippen molar-refractivity contribution in [2.45, 2.75) is 24.9 Å². The second kappa shape index (κ2) is 8.86. The zero-order valence-corrected chi connectivity index (χ0v) is 18.0. The average Bonchev–Trinajstić information content (AvgIpc) is 3.28. The summed E-state index contributed by atoms with van der Waals surface area (Å²) in [4.78, 5) is 14.2. The second-order valence-corrected chi connectivity index (χ2v) is 7.63. The third kappa shape index (κ3) is 3.68. The lowest BCUT2D eigenvalue weighted by atomic mass is 9.91. The van der Waals surface area contributed by atoms with Gasteiger partial charge >= 0.3 is 5.97 Å². The van der Waals surface area contributed by atoms with Crippen LogP contribution in [-0.4, -0.2) is 49.9 Å². The van der Waals surface area contributed by atoms with Gasteiger partial charge in [0.25, 0.3) is 0 Å². The molecule has 3 aromatic rings. The lowest BCUT2D eigenvalue weighted by molar-refractivity contribution is -0.142. The molecule has 1 heterocycles. The second-order valence-electron chi connectivity index (χ2n) is 7.63.